The second-order valence-electron chi connectivity index (χ2n) is 8.50. The number of nitrogens with one attached hydrogen (secondary N) is 2. The van der Waals surface area contributed by atoms with Crippen LogP contribution in [0.2, 0.25) is 0 Å². The molecule has 1 aliphatic rings. The minimum Gasteiger partial charge on any atom is -0.354 e. The average Bonchev–Trinajstić information content (AvgIpc) is 3.71. The summed E-state index contributed by atoms with van der Waals surface area (Å²) in [5.41, 5.74) is 3.87. The Morgan fingerprint density at radius 2 is 2.12 bits per heavy atom. The van der Waals surface area contributed by atoms with E-state index in [9.17, 15) is 9.59 Å². The normalized spacial score (nSPS) is 17.6. The zero-order valence-electron chi connectivity index (χ0n) is 25.8. The Morgan fingerprint density at radius 1 is 1.32 bits per heavy atom. The highest BCUT2D eigenvalue weighted by Gasteiger charge is 2.27. The van der Waals surface area contributed by atoms with Crippen molar-refractivity contribution in [1.29, 1.82) is 0 Å². The molecule has 182 valence electrons. The molecule has 1 atom stereocenters. The average molecular weight is 471 g/mol. The summed E-state index contributed by atoms with van der Waals surface area (Å²) < 4.78 is 44.2. The number of hydrogen-bond donors (Lipinski definition) is 2. The highest BCUT2D eigenvalue weighted by atomic mass is 16.2. The van der Waals surface area contributed by atoms with Crippen LogP contribution in [0.25, 0.3) is 0 Å². The van der Waals surface area contributed by atoms with Gasteiger partial charge in [0, 0.05) is 46.0 Å². The molecule has 2 N–H and O–H groups in total. The lowest BCUT2D eigenvalue weighted by Gasteiger charge is -2.23. The predicted octanol–water partition coefficient (Wildman–Crippen LogP) is 3.03. The minimum absolute atomic E-state index is 0.337. The number of aryl methyl sites for hydroxylation is 1. The fourth-order valence-electron chi connectivity index (χ4n) is 3.44. The lowest BCUT2D eigenvalue weighted by atomic mass is 10.1. The van der Waals surface area contributed by atoms with Crippen LogP contribution in [0, 0.1) is 6.92 Å². The molecule has 0 spiro atoms. The van der Waals surface area contributed by atoms with E-state index in [0.717, 1.165) is 47.6 Å². The van der Waals surface area contributed by atoms with Crippen molar-refractivity contribution in [2.75, 3.05) is 39.4 Å². The van der Waals surface area contributed by atoms with E-state index in [4.69, 9.17) is 13.2 Å². The van der Waals surface area contributed by atoms with Crippen LogP contribution in [0.4, 0.5) is 11.5 Å². The summed E-state index contributed by atoms with van der Waals surface area (Å²) in [5.74, 6) is 0.289. The van der Waals surface area contributed by atoms with Crippen LogP contribution in [0.3, 0.4) is 0 Å². The fraction of sp³-hybridized carbons (Fsp3) is 0.462. The zero-order chi connectivity index (χ0) is 29.7. The summed E-state index contributed by atoms with van der Waals surface area (Å²) >= 11 is 0. The maximum atomic E-state index is 12.6. The van der Waals surface area contributed by atoms with Gasteiger partial charge in [-0.3, -0.25) is 14.6 Å². The molecule has 1 heterocycles. The lowest BCUT2D eigenvalue weighted by Crippen LogP contribution is -2.45. The van der Waals surface area contributed by atoms with Gasteiger partial charge in [0.1, 0.15) is 11.9 Å². The molecule has 1 fully saturated rings. The highest BCUT2D eigenvalue weighted by molar-refractivity contribution is 5.92. The Morgan fingerprint density at radius 3 is 2.85 bits per heavy atom. The quantitative estimate of drug-likeness (QED) is 0.491. The summed E-state index contributed by atoms with van der Waals surface area (Å²) in [7, 11) is 1.44. The Bertz CT molecular complexity index is 1210. The van der Waals surface area contributed by atoms with Gasteiger partial charge in [0.25, 0.3) is 0 Å². The van der Waals surface area contributed by atoms with Crippen molar-refractivity contribution in [3.8, 4) is 0 Å². The maximum Gasteiger partial charge on any atom is 0.246 e. The van der Waals surface area contributed by atoms with Gasteiger partial charge >= 0.3 is 0 Å². The smallest absolute Gasteiger partial charge is 0.246 e. The third kappa shape index (κ3) is 7.38. The van der Waals surface area contributed by atoms with Crippen molar-refractivity contribution >= 4 is 23.3 Å². The fourth-order valence-corrected chi connectivity index (χ4v) is 3.44. The first-order valence-corrected chi connectivity index (χ1v) is 11.3. The minimum atomic E-state index is -2.85. The number of hydrogen-bond acceptors (Lipinski definition) is 6. The van der Waals surface area contributed by atoms with Gasteiger partial charge in [-0.1, -0.05) is 18.2 Å². The lowest BCUT2D eigenvalue weighted by molar-refractivity contribution is -0.135. The molecule has 1 saturated carbocycles. The maximum absolute atomic E-state index is 12.6. The Balaban J connectivity index is 1.48. The first-order chi connectivity index (χ1) is 18.7. The van der Waals surface area contributed by atoms with Gasteiger partial charge in [-0.25, -0.2) is 4.98 Å². The number of carbonyl (C=O) groups is 2. The van der Waals surface area contributed by atoms with Crippen molar-refractivity contribution in [3.05, 3.63) is 59.6 Å². The van der Waals surface area contributed by atoms with Crippen LogP contribution in [-0.2, 0) is 16.0 Å². The third-order valence-corrected chi connectivity index (χ3v) is 5.72. The van der Waals surface area contributed by atoms with Crippen molar-refractivity contribution in [3.63, 3.8) is 0 Å². The van der Waals surface area contributed by atoms with E-state index < -0.39 is 32.4 Å². The monoisotopic (exact) mass is 470 g/mol. The van der Waals surface area contributed by atoms with Gasteiger partial charge < -0.3 is 20.4 Å². The second-order valence-corrected chi connectivity index (χ2v) is 8.50. The molecular weight excluding hydrogens is 428 g/mol. The number of amides is 2. The molecule has 0 unspecified atom stereocenters. The summed E-state index contributed by atoms with van der Waals surface area (Å²) in [5, 5.41) is 6.13. The molecule has 0 aliphatic heterocycles. The summed E-state index contributed by atoms with van der Waals surface area (Å²) in [6, 6.07) is 7.00. The van der Waals surface area contributed by atoms with E-state index in [0.29, 0.717) is 29.6 Å². The molecule has 1 aromatic carbocycles. The van der Waals surface area contributed by atoms with E-state index in [1.54, 1.807) is 13.1 Å². The molecule has 8 heteroatoms. The number of anilines is 2. The Labute approximate surface area is 210 Å². The molecule has 1 aliphatic carbocycles. The van der Waals surface area contributed by atoms with Crippen molar-refractivity contribution in [1.82, 2.24) is 25.1 Å². The largest absolute Gasteiger partial charge is 0.354 e. The number of likely N-dealkylation sites (N-methyl/N-ethyl adjacent to an activating group) is 2. The van der Waals surface area contributed by atoms with Gasteiger partial charge in [-0.05, 0) is 64.8 Å². The number of benzene rings is 1. The molecule has 3 rings (SSSR count). The van der Waals surface area contributed by atoms with Crippen molar-refractivity contribution < 1.29 is 17.8 Å². The van der Waals surface area contributed by atoms with E-state index in [2.05, 4.69) is 15.6 Å². The Kier molecular flexibility index (Phi) is 6.26. The number of nitrogens with zero attached hydrogens (tertiary/aromatic N) is 4. The molecule has 2 amide bonds. The van der Waals surface area contributed by atoms with Gasteiger partial charge in [0.2, 0.25) is 11.8 Å². The first kappa shape index (κ1) is 18.1. The van der Waals surface area contributed by atoms with Crippen LogP contribution < -0.4 is 10.6 Å². The summed E-state index contributed by atoms with van der Waals surface area (Å²) in [6.07, 6.45) is 6.82. The van der Waals surface area contributed by atoms with Crippen molar-refractivity contribution in [2.24, 2.45) is 0 Å². The number of carbonyl (C=O) groups excluding carboxylic acids is 2. The standard InChI is InChI=1S/C26H36N6O2/c1-18-25(21-11-12-21)30-23(17-28-18)29-22-9-6-8-20(16-22)13-14-27-26(34)19(2)32(5)24(33)10-7-15-31(3)4/h6-10,16-17,19,21H,11-15H2,1-5H3,(H,27,34)(H,29,30)/b10-7+/t19-/m0/s1/i3D3,4D3. The van der Waals surface area contributed by atoms with Gasteiger partial charge in [0.05, 0.1) is 17.6 Å². The summed E-state index contributed by atoms with van der Waals surface area (Å²) in [4.78, 5) is 35.8. The van der Waals surface area contributed by atoms with Crippen LogP contribution >= 0.6 is 0 Å². The number of aromatic nitrogens is 2. The molecule has 2 aromatic rings. The third-order valence-electron chi connectivity index (χ3n) is 5.72. The zero-order valence-corrected chi connectivity index (χ0v) is 19.8. The Hall–Kier alpha value is -3.26. The molecule has 1 aromatic heterocycles. The van der Waals surface area contributed by atoms with Crippen LogP contribution in [0.15, 0.2) is 42.6 Å². The van der Waals surface area contributed by atoms with Crippen LogP contribution in [0.1, 0.15) is 50.9 Å². The van der Waals surface area contributed by atoms with Crippen LogP contribution in [-0.4, -0.2) is 71.7 Å². The van der Waals surface area contributed by atoms with Gasteiger partial charge in [0.15, 0.2) is 0 Å². The second kappa shape index (κ2) is 11.7. The van der Waals surface area contributed by atoms with E-state index in [-0.39, 0.29) is 5.91 Å². The molecule has 0 bridgehead atoms. The van der Waals surface area contributed by atoms with E-state index >= 15 is 0 Å². The van der Waals surface area contributed by atoms with Crippen molar-refractivity contribution in [2.45, 2.75) is 45.1 Å². The molecule has 8 nitrogen and oxygen atoms in total. The van der Waals surface area contributed by atoms with E-state index in [1.807, 2.05) is 31.2 Å². The highest BCUT2D eigenvalue weighted by Crippen LogP contribution is 2.40. The van der Waals surface area contributed by atoms with Gasteiger partial charge in [-0.15, -0.1) is 0 Å². The topological polar surface area (TPSA) is 90.5 Å². The SMILES string of the molecule is [2H]C([2H])([2H])N(C/C=C/C(=O)N(C)[C@@H](C)C(=O)NCCc1cccc(Nc2cnc(C)c(C3CC3)n2)c1)C([2H])([2H])[2H]. The first-order valence-electron chi connectivity index (χ1n) is 14.3. The molecule has 0 radical (unpaired) electrons. The van der Waals surface area contributed by atoms with E-state index in [1.165, 1.54) is 11.9 Å². The molecule has 0 saturated heterocycles. The van der Waals surface area contributed by atoms with Gasteiger partial charge in [-0.2, -0.15) is 0 Å². The predicted molar refractivity (Wildman–Crippen MR) is 135 cm³/mol. The molecular formula is C26H36N6O2. The number of rotatable bonds is 11. The molecule has 34 heavy (non-hydrogen) atoms. The summed E-state index contributed by atoms with van der Waals surface area (Å²) in [6.45, 7) is -2.26. The van der Waals surface area contributed by atoms with Crippen LogP contribution in [0.5, 0.6) is 0 Å².